The molecule has 4 aromatic carbocycles. The third-order valence-corrected chi connectivity index (χ3v) is 8.29. The van der Waals surface area contributed by atoms with E-state index in [0.717, 1.165) is 66.9 Å². The fourth-order valence-corrected chi connectivity index (χ4v) is 6.34. The number of nitrogens with zero attached hydrogens (tertiary/aromatic N) is 5. The Morgan fingerprint density at radius 3 is 2.05 bits per heavy atom. The van der Waals surface area contributed by atoms with Crippen LogP contribution in [0.25, 0.3) is 83.0 Å². The number of para-hydroxylation sites is 1. The molecule has 9 rings (SSSR count). The summed E-state index contributed by atoms with van der Waals surface area (Å²) in [4.78, 5) is 19.6. The molecule has 0 radical (unpaired) electrons. The van der Waals surface area contributed by atoms with Gasteiger partial charge >= 0.3 is 0 Å². The smallest absolute Gasteiger partial charge is 0.160 e. The van der Waals surface area contributed by atoms with Crippen LogP contribution in [0.15, 0.2) is 140 Å². The van der Waals surface area contributed by atoms with Gasteiger partial charge in [0.25, 0.3) is 0 Å². The first-order valence-corrected chi connectivity index (χ1v) is 14.3. The molecule has 200 valence electrons. The lowest BCUT2D eigenvalue weighted by molar-refractivity contribution is 1.22. The zero-order valence-corrected chi connectivity index (χ0v) is 23.0. The highest BCUT2D eigenvalue weighted by molar-refractivity contribution is 6.21. The number of imidazole rings is 1. The maximum atomic E-state index is 5.13. The predicted octanol–water partition coefficient (Wildman–Crippen LogP) is 9.13. The van der Waals surface area contributed by atoms with Gasteiger partial charge in [-0.3, -0.25) is 9.38 Å². The van der Waals surface area contributed by atoms with Crippen LogP contribution in [0.4, 0.5) is 0 Å². The second-order valence-corrected chi connectivity index (χ2v) is 10.7. The van der Waals surface area contributed by atoms with Crippen molar-refractivity contribution in [3.05, 3.63) is 140 Å². The van der Waals surface area contributed by atoms with Gasteiger partial charge < -0.3 is 0 Å². The van der Waals surface area contributed by atoms with Gasteiger partial charge in [0, 0.05) is 39.7 Å². The van der Waals surface area contributed by atoms with Crippen molar-refractivity contribution in [2.75, 3.05) is 0 Å². The fourth-order valence-electron chi connectivity index (χ4n) is 6.34. The van der Waals surface area contributed by atoms with E-state index in [2.05, 4.69) is 113 Å². The van der Waals surface area contributed by atoms with Gasteiger partial charge in [-0.05, 0) is 58.6 Å². The van der Waals surface area contributed by atoms with Crippen LogP contribution < -0.4 is 0 Å². The molecule has 0 saturated heterocycles. The van der Waals surface area contributed by atoms with Crippen molar-refractivity contribution in [1.29, 1.82) is 0 Å². The van der Waals surface area contributed by atoms with Gasteiger partial charge in [0.1, 0.15) is 5.65 Å². The summed E-state index contributed by atoms with van der Waals surface area (Å²) in [6.07, 6.45) is 3.65. The highest BCUT2D eigenvalue weighted by atomic mass is 15.0. The molecule has 0 unspecified atom stereocenters. The summed E-state index contributed by atoms with van der Waals surface area (Å²) in [5.41, 5.74) is 8.46. The molecule has 0 amide bonds. The Morgan fingerprint density at radius 1 is 0.465 bits per heavy atom. The zero-order chi connectivity index (χ0) is 28.3. The Morgan fingerprint density at radius 2 is 1.19 bits per heavy atom. The maximum Gasteiger partial charge on any atom is 0.160 e. The lowest BCUT2D eigenvalue weighted by Crippen LogP contribution is -1.94. The van der Waals surface area contributed by atoms with Crippen molar-refractivity contribution >= 4 is 49.1 Å². The molecule has 43 heavy (non-hydrogen) atoms. The van der Waals surface area contributed by atoms with Gasteiger partial charge in [-0.25, -0.2) is 15.0 Å². The summed E-state index contributed by atoms with van der Waals surface area (Å²) in [6.45, 7) is 0. The van der Waals surface area contributed by atoms with Crippen LogP contribution in [0, 0.1) is 0 Å². The molecule has 0 bridgehead atoms. The van der Waals surface area contributed by atoms with E-state index in [0.29, 0.717) is 0 Å². The summed E-state index contributed by atoms with van der Waals surface area (Å²) in [6, 6.07) is 44.2. The van der Waals surface area contributed by atoms with E-state index in [1.165, 1.54) is 16.2 Å². The van der Waals surface area contributed by atoms with Crippen LogP contribution in [-0.2, 0) is 0 Å². The molecule has 0 atom stereocenters. The average Bonchev–Trinajstić information content (AvgIpc) is 3.48. The molecule has 0 spiro atoms. The Hall–Kier alpha value is -5.94. The summed E-state index contributed by atoms with van der Waals surface area (Å²) in [7, 11) is 0. The number of hydrogen-bond donors (Lipinski definition) is 0. The van der Waals surface area contributed by atoms with Gasteiger partial charge in [-0.2, -0.15) is 0 Å². The van der Waals surface area contributed by atoms with Crippen molar-refractivity contribution in [3.63, 3.8) is 0 Å². The van der Waals surface area contributed by atoms with Crippen LogP contribution in [0.1, 0.15) is 0 Å². The van der Waals surface area contributed by atoms with Gasteiger partial charge in [0.2, 0.25) is 0 Å². The van der Waals surface area contributed by atoms with Crippen molar-refractivity contribution in [2.45, 2.75) is 0 Å². The monoisotopic (exact) mass is 549 g/mol. The van der Waals surface area contributed by atoms with Crippen LogP contribution >= 0.6 is 0 Å². The molecule has 5 nitrogen and oxygen atoms in total. The van der Waals surface area contributed by atoms with E-state index in [-0.39, 0.29) is 0 Å². The molecule has 5 heterocycles. The zero-order valence-electron chi connectivity index (χ0n) is 23.0. The standard InChI is InChI=1S/C38H23N5/c1-3-10-28-24(8-1)18-20-29-34(28)30-11-7-23-40-38(30)42-35(29)26-14-16-27(17-15-26)36-37(31-12-5-6-22-39-31)43-32-13-4-2-9-25(32)19-21-33(43)41-36/h1-23H. The average molecular weight is 550 g/mol. The van der Waals surface area contributed by atoms with E-state index in [1.54, 1.807) is 0 Å². The second kappa shape index (κ2) is 9.29. The number of fused-ring (bicyclic) bond motifs is 8. The van der Waals surface area contributed by atoms with Crippen LogP contribution in [0.5, 0.6) is 0 Å². The summed E-state index contributed by atoms with van der Waals surface area (Å²) in [5, 5.41) is 6.91. The van der Waals surface area contributed by atoms with Gasteiger partial charge in [-0.1, -0.05) is 84.9 Å². The van der Waals surface area contributed by atoms with Crippen LogP contribution in [0.3, 0.4) is 0 Å². The highest BCUT2D eigenvalue weighted by Crippen LogP contribution is 2.38. The first kappa shape index (κ1) is 23.7. The largest absolute Gasteiger partial charge is 0.290 e. The minimum Gasteiger partial charge on any atom is -0.290 e. The number of benzene rings is 4. The Labute approximate surface area is 246 Å². The molecule has 0 N–H and O–H groups in total. The van der Waals surface area contributed by atoms with E-state index < -0.39 is 0 Å². The molecule has 9 aromatic rings. The van der Waals surface area contributed by atoms with Crippen molar-refractivity contribution in [3.8, 4) is 33.9 Å². The SMILES string of the molecule is c1ccc(-c2c(-c3ccc(-c4nc5ncccc5c5c4ccc4ccccc45)cc3)nc3ccc4ccccc4n23)nc1. The minimum absolute atomic E-state index is 0.745. The van der Waals surface area contributed by atoms with E-state index in [4.69, 9.17) is 15.0 Å². The maximum absolute atomic E-state index is 5.13. The Bertz CT molecular complexity index is 2480. The van der Waals surface area contributed by atoms with E-state index in [1.807, 2.05) is 36.7 Å². The summed E-state index contributed by atoms with van der Waals surface area (Å²) >= 11 is 0. The quantitative estimate of drug-likeness (QED) is 0.206. The lowest BCUT2D eigenvalue weighted by atomic mass is 9.95. The second-order valence-electron chi connectivity index (χ2n) is 10.7. The minimum atomic E-state index is 0.745. The molecular weight excluding hydrogens is 526 g/mol. The lowest BCUT2D eigenvalue weighted by Gasteiger charge is -2.12. The van der Waals surface area contributed by atoms with E-state index in [9.17, 15) is 0 Å². The predicted molar refractivity (Wildman–Crippen MR) is 175 cm³/mol. The number of pyridine rings is 4. The molecule has 5 aromatic heterocycles. The number of hydrogen-bond acceptors (Lipinski definition) is 4. The Balaban J connectivity index is 1.27. The van der Waals surface area contributed by atoms with Gasteiger partial charge in [0.05, 0.1) is 28.3 Å². The molecule has 5 heteroatoms. The summed E-state index contributed by atoms with van der Waals surface area (Å²) < 4.78 is 2.22. The molecular formula is C38H23N5. The van der Waals surface area contributed by atoms with E-state index >= 15 is 0 Å². The fraction of sp³-hybridized carbons (Fsp3) is 0. The number of rotatable bonds is 3. The van der Waals surface area contributed by atoms with Gasteiger partial charge in [0.15, 0.2) is 5.65 Å². The molecule has 0 aliphatic carbocycles. The van der Waals surface area contributed by atoms with Crippen molar-refractivity contribution < 1.29 is 0 Å². The first-order valence-electron chi connectivity index (χ1n) is 14.3. The van der Waals surface area contributed by atoms with Crippen molar-refractivity contribution in [1.82, 2.24) is 24.3 Å². The third-order valence-electron chi connectivity index (χ3n) is 8.29. The molecule has 0 fully saturated rings. The third kappa shape index (κ3) is 3.65. The number of aromatic nitrogens is 5. The van der Waals surface area contributed by atoms with Crippen molar-refractivity contribution in [2.24, 2.45) is 0 Å². The van der Waals surface area contributed by atoms with Gasteiger partial charge in [-0.15, -0.1) is 0 Å². The molecule has 0 aliphatic rings. The topological polar surface area (TPSA) is 56.0 Å². The summed E-state index contributed by atoms with van der Waals surface area (Å²) in [5.74, 6) is 0. The highest BCUT2D eigenvalue weighted by Gasteiger charge is 2.19. The first-order chi connectivity index (χ1) is 21.3. The molecule has 0 aliphatic heterocycles. The van der Waals surface area contributed by atoms with Crippen LogP contribution in [0.2, 0.25) is 0 Å². The van der Waals surface area contributed by atoms with Crippen LogP contribution in [-0.4, -0.2) is 24.3 Å². The Kier molecular flexibility index (Phi) is 5.13. The normalized spacial score (nSPS) is 11.7. The molecule has 0 saturated carbocycles.